The van der Waals surface area contributed by atoms with Crippen molar-refractivity contribution in [2.45, 2.75) is 18.9 Å². The minimum atomic E-state index is -0.332. The molecule has 0 bridgehead atoms. The number of nitrogens with one attached hydrogen (secondary N) is 1. The summed E-state index contributed by atoms with van der Waals surface area (Å²) in [6.45, 7) is 0.602. The Hall–Kier alpha value is -1.56. The summed E-state index contributed by atoms with van der Waals surface area (Å²) in [6, 6.07) is 0.0964. The molecule has 18 heavy (non-hydrogen) atoms. The molecule has 1 atom stereocenters. The lowest BCUT2D eigenvalue weighted by atomic mass is 10.1. The van der Waals surface area contributed by atoms with E-state index < -0.39 is 0 Å². The number of likely N-dealkylation sites (N-methyl/N-ethyl adjacent to an activating group) is 1. The van der Waals surface area contributed by atoms with Crippen LogP contribution < -0.4 is 10.9 Å². The predicted molar refractivity (Wildman–Crippen MR) is 68.8 cm³/mol. The molecular formula is C11H15ClN4O2. The molecule has 98 valence electrons. The third-order valence-corrected chi connectivity index (χ3v) is 3.43. The smallest absolute Gasteiger partial charge is 0.287 e. The van der Waals surface area contributed by atoms with Gasteiger partial charge in [-0.15, -0.1) is 0 Å². The topological polar surface area (TPSA) is 67.2 Å². The summed E-state index contributed by atoms with van der Waals surface area (Å²) in [5.41, 5.74) is 0.189. The van der Waals surface area contributed by atoms with Gasteiger partial charge in [0.25, 0.3) is 5.56 Å². The summed E-state index contributed by atoms with van der Waals surface area (Å²) in [4.78, 5) is 24.6. The van der Waals surface area contributed by atoms with Crippen LogP contribution in [0.1, 0.15) is 12.8 Å². The Morgan fingerprint density at radius 2 is 2.17 bits per heavy atom. The molecule has 0 unspecified atom stereocenters. The summed E-state index contributed by atoms with van der Waals surface area (Å²) in [6.07, 6.45) is 2.76. The third kappa shape index (κ3) is 2.48. The summed E-state index contributed by atoms with van der Waals surface area (Å²) < 4.78 is 1.18. The quantitative estimate of drug-likeness (QED) is 0.848. The molecule has 1 amide bonds. The fourth-order valence-electron chi connectivity index (χ4n) is 1.96. The first-order chi connectivity index (χ1) is 8.49. The number of piperidine rings is 1. The fourth-order valence-corrected chi connectivity index (χ4v) is 2.19. The van der Waals surface area contributed by atoms with Gasteiger partial charge in [0, 0.05) is 33.1 Å². The van der Waals surface area contributed by atoms with Crippen LogP contribution in [-0.4, -0.2) is 40.2 Å². The molecule has 2 rings (SSSR count). The first-order valence-corrected chi connectivity index (χ1v) is 6.09. The number of hydrogen-bond acceptors (Lipinski definition) is 4. The Kier molecular flexibility index (Phi) is 3.56. The maximum atomic E-state index is 11.6. The lowest BCUT2D eigenvalue weighted by Crippen LogP contribution is -2.43. The number of rotatable bonds is 2. The van der Waals surface area contributed by atoms with Gasteiger partial charge in [-0.2, -0.15) is 5.10 Å². The normalized spacial score (nSPS) is 20.1. The van der Waals surface area contributed by atoms with Crippen molar-refractivity contribution in [2.24, 2.45) is 7.05 Å². The average molecular weight is 271 g/mol. The Morgan fingerprint density at radius 3 is 2.83 bits per heavy atom. The highest BCUT2D eigenvalue weighted by atomic mass is 35.5. The van der Waals surface area contributed by atoms with E-state index in [-0.39, 0.29) is 22.5 Å². The van der Waals surface area contributed by atoms with Gasteiger partial charge in [0.15, 0.2) is 0 Å². The van der Waals surface area contributed by atoms with E-state index in [2.05, 4.69) is 10.4 Å². The molecule has 1 aromatic heterocycles. The molecule has 1 aromatic rings. The highest BCUT2D eigenvalue weighted by Gasteiger charge is 2.23. The molecule has 6 nitrogen and oxygen atoms in total. The Balaban J connectivity index is 2.13. The van der Waals surface area contributed by atoms with Gasteiger partial charge in [0.05, 0.1) is 11.9 Å². The predicted octanol–water partition coefficient (Wildman–Crippen LogP) is 0.466. The highest BCUT2D eigenvalue weighted by Crippen LogP contribution is 2.19. The van der Waals surface area contributed by atoms with Gasteiger partial charge < -0.3 is 10.2 Å². The van der Waals surface area contributed by atoms with Crippen LogP contribution in [0.4, 0.5) is 5.69 Å². The molecular weight excluding hydrogens is 256 g/mol. The summed E-state index contributed by atoms with van der Waals surface area (Å²) in [5, 5.41) is 7.21. The van der Waals surface area contributed by atoms with Gasteiger partial charge in [-0.05, 0) is 6.42 Å². The van der Waals surface area contributed by atoms with Crippen molar-refractivity contribution < 1.29 is 4.79 Å². The first-order valence-electron chi connectivity index (χ1n) is 5.71. The summed E-state index contributed by atoms with van der Waals surface area (Å²) >= 11 is 5.97. The molecule has 1 N–H and O–H groups in total. The van der Waals surface area contributed by atoms with Crippen LogP contribution in [0.3, 0.4) is 0 Å². The molecule has 0 aromatic carbocycles. The minimum Gasteiger partial charge on any atom is -0.378 e. The SMILES string of the molecule is CN1C[C@@H](Nc2cnn(C)c(=O)c2Cl)CCC1=O. The van der Waals surface area contributed by atoms with Crippen molar-refractivity contribution in [2.75, 3.05) is 18.9 Å². The highest BCUT2D eigenvalue weighted by molar-refractivity contribution is 6.32. The molecule has 1 aliphatic heterocycles. The number of anilines is 1. The van der Waals surface area contributed by atoms with Gasteiger partial charge in [0.1, 0.15) is 5.02 Å². The van der Waals surface area contributed by atoms with Crippen LogP contribution in [0.25, 0.3) is 0 Å². The van der Waals surface area contributed by atoms with Gasteiger partial charge in [0.2, 0.25) is 5.91 Å². The van der Waals surface area contributed by atoms with Crippen LogP contribution in [-0.2, 0) is 11.8 Å². The van der Waals surface area contributed by atoms with Gasteiger partial charge in [-0.3, -0.25) is 9.59 Å². The van der Waals surface area contributed by atoms with Gasteiger partial charge >= 0.3 is 0 Å². The van der Waals surface area contributed by atoms with E-state index >= 15 is 0 Å². The minimum absolute atomic E-state index is 0.0964. The van der Waals surface area contributed by atoms with E-state index in [1.165, 1.54) is 10.9 Å². The zero-order chi connectivity index (χ0) is 13.3. The molecule has 1 saturated heterocycles. The van der Waals surface area contributed by atoms with E-state index in [0.29, 0.717) is 18.7 Å². The van der Waals surface area contributed by atoms with Crippen molar-refractivity contribution in [1.82, 2.24) is 14.7 Å². The number of likely N-dealkylation sites (tertiary alicyclic amines) is 1. The van der Waals surface area contributed by atoms with E-state index in [0.717, 1.165) is 6.42 Å². The van der Waals surface area contributed by atoms with Crippen molar-refractivity contribution >= 4 is 23.2 Å². The van der Waals surface area contributed by atoms with Crippen LogP contribution in [0.2, 0.25) is 5.02 Å². The number of aryl methyl sites for hydroxylation is 1. The van der Waals surface area contributed by atoms with E-state index in [4.69, 9.17) is 11.6 Å². The third-order valence-electron chi connectivity index (χ3n) is 3.06. The zero-order valence-electron chi connectivity index (χ0n) is 10.3. The maximum absolute atomic E-state index is 11.6. The fraction of sp³-hybridized carbons (Fsp3) is 0.545. The van der Waals surface area contributed by atoms with Crippen molar-refractivity contribution in [3.63, 3.8) is 0 Å². The number of amides is 1. The van der Waals surface area contributed by atoms with Crippen molar-refractivity contribution in [3.8, 4) is 0 Å². The van der Waals surface area contributed by atoms with E-state index in [1.54, 1.807) is 19.0 Å². The van der Waals surface area contributed by atoms with Crippen LogP contribution in [0.15, 0.2) is 11.0 Å². The van der Waals surface area contributed by atoms with Crippen molar-refractivity contribution in [3.05, 3.63) is 21.6 Å². The lowest BCUT2D eigenvalue weighted by Gasteiger charge is -2.30. The lowest BCUT2D eigenvalue weighted by molar-refractivity contribution is -0.132. The largest absolute Gasteiger partial charge is 0.378 e. The summed E-state index contributed by atoms with van der Waals surface area (Å²) in [7, 11) is 3.31. The molecule has 0 aliphatic carbocycles. The van der Waals surface area contributed by atoms with E-state index in [1.807, 2.05) is 0 Å². The Bertz CT molecular complexity index is 528. The molecule has 7 heteroatoms. The average Bonchev–Trinajstić information content (AvgIpc) is 2.34. The van der Waals surface area contributed by atoms with Crippen molar-refractivity contribution in [1.29, 1.82) is 0 Å². The maximum Gasteiger partial charge on any atom is 0.287 e. The van der Waals surface area contributed by atoms with Crippen LogP contribution >= 0.6 is 11.6 Å². The molecule has 1 fully saturated rings. The number of carbonyl (C=O) groups excluding carboxylic acids is 1. The molecule has 2 heterocycles. The van der Waals surface area contributed by atoms with Gasteiger partial charge in [-0.25, -0.2) is 4.68 Å². The standard InChI is InChI=1S/C11H15ClN4O2/c1-15-6-7(3-4-9(15)17)14-8-5-13-16(2)11(18)10(8)12/h5,7,14H,3-4,6H2,1-2H3/t7-/m0/s1. The molecule has 0 saturated carbocycles. The van der Waals surface area contributed by atoms with Crippen LogP contribution in [0, 0.1) is 0 Å². The number of hydrogen-bond donors (Lipinski definition) is 1. The first kappa shape index (κ1) is 12.9. The second-order valence-electron chi connectivity index (χ2n) is 4.46. The Morgan fingerprint density at radius 1 is 1.44 bits per heavy atom. The second-order valence-corrected chi connectivity index (χ2v) is 4.83. The van der Waals surface area contributed by atoms with E-state index in [9.17, 15) is 9.59 Å². The summed E-state index contributed by atoms with van der Waals surface area (Å²) in [5.74, 6) is 0.140. The molecule has 1 aliphatic rings. The number of nitrogens with zero attached hydrogens (tertiary/aromatic N) is 3. The monoisotopic (exact) mass is 270 g/mol. The number of halogens is 1. The number of carbonyl (C=O) groups is 1. The second kappa shape index (κ2) is 4.97. The van der Waals surface area contributed by atoms with Crippen LogP contribution in [0.5, 0.6) is 0 Å². The number of aromatic nitrogens is 2. The van der Waals surface area contributed by atoms with Gasteiger partial charge in [-0.1, -0.05) is 11.6 Å². The zero-order valence-corrected chi connectivity index (χ0v) is 11.1. The molecule has 0 radical (unpaired) electrons. The Labute approximate surface area is 110 Å². The molecule has 0 spiro atoms.